The Balaban J connectivity index is 2.38. The lowest BCUT2D eigenvalue weighted by Crippen LogP contribution is -2.07. The van der Waals surface area contributed by atoms with E-state index in [1.54, 1.807) is 11.8 Å². The summed E-state index contributed by atoms with van der Waals surface area (Å²) < 4.78 is 3.94. The van der Waals surface area contributed by atoms with Crippen LogP contribution in [0.1, 0.15) is 12.6 Å². The summed E-state index contributed by atoms with van der Waals surface area (Å²) in [4.78, 5) is 5.65. The Labute approximate surface area is 121 Å². The zero-order valence-corrected chi connectivity index (χ0v) is 12.6. The molecular weight excluding hydrogens is 270 g/mol. The van der Waals surface area contributed by atoms with Gasteiger partial charge in [0.15, 0.2) is 5.65 Å². The quantitative estimate of drug-likeness (QED) is 0.752. The molecule has 0 aliphatic heterocycles. The van der Waals surface area contributed by atoms with Crippen molar-refractivity contribution in [1.82, 2.24) is 19.3 Å². The molecule has 0 amide bonds. The lowest BCUT2D eigenvalue weighted by atomic mass is 10.3. The van der Waals surface area contributed by atoms with Crippen LogP contribution in [0.4, 0.5) is 5.95 Å². The van der Waals surface area contributed by atoms with E-state index >= 15 is 0 Å². The molecule has 2 heterocycles. The van der Waals surface area contributed by atoms with E-state index in [-0.39, 0.29) is 0 Å². The molecule has 0 bridgehead atoms. The number of hydrogen-bond acceptors (Lipinski definition) is 4. The number of rotatable bonds is 3. The predicted molar refractivity (Wildman–Crippen MR) is 83.5 cm³/mol. The second-order valence-corrected chi connectivity index (χ2v) is 5.40. The van der Waals surface area contributed by atoms with E-state index in [1.807, 2.05) is 28.3 Å². The molecular formula is C14H17N5S. The monoisotopic (exact) mass is 287 g/mol. The molecule has 3 aromatic rings. The molecule has 0 spiro atoms. The number of hydrogen-bond donors (Lipinski definition) is 1. The predicted octanol–water partition coefficient (Wildman–Crippen LogP) is 2.85. The van der Waals surface area contributed by atoms with Crippen molar-refractivity contribution in [3.63, 3.8) is 0 Å². The Hall–Kier alpha value is -1.95. The summed E-state index contributed by atoms with van der Waals surface area (Å²) in [7, 11) is 0. The minimum absolute atomic E-state index is 0.504. The first-order valence-electron chi connectivity index (χ1n) is 6.52. The van der Waals surface area contributed by atoms with E-state index in [2.05, 4.69) is 35.4 Å². The van der Waals surface area contributed by atoms with Crippen molar-refractivity contribution in [2.45, 2.75) is 25.3 Å². The largest absolute Gasteiger partial charge is 0.369 e. The highest BCUT2D eigenvalue weighted by Gasteiger charge is 2.19. The third kappa shape index (κ3) is 1.79. The Morgan fingerprint density at radius 3 is 2.75 bits per heavy atom. The summed E-state index contributed by atoms with van der Waals surface area (Å²) in [5, 5.41) is 4.52. The Kier molecular flexibility index (Phi) is 3.17. The normalized spacial score (nSPS) is 11.3. The van der Waals surface area contributed by atoms with Crippen molar-refractivity contribution in [2.75, 3.05) is 12.0 Å². The SMILES string of the molecule is CCn1nc(C)c2nc(N)n(-c3ccccc3SC)c21. The first kappa shape index (κ1) is 13.1. The smallest absolute Gasteiger partial charge is 0.207 e. The number of fused-ring (bicyclic) bond motifs is 1. The van der Waals surface area contributed by atoms with Gasteiger partial charge in [0.25, 0.3) is 0 Å². The summed E-state index contributed by atoms with van der Waals surface area (Å²) in [6.07, 6.45) is 2.06. The third-order valence-electron chi connectivity index (χ3n) is 3.36. The molecule has 104 valence electrons. The molecule has 1 aromatic carbocycles. The number of aryl methyl sites for hydroxylation is 2. The molecule has 0 radical (unpaired) electrons. The molecule has 0 atom stereocenters. The maximum atomic E-state index is 6.15. The van der Waals surface area contributed by atoms with Crippen LogP contribution in [0.15, 0.2) is 29.2 Å². The number of thioether (sulfide) groups is 1. The van der Waals surface area contributed by atoms with Crippen molar-refractivity contribution in [2.24, 2.45) is 0 Å². The van der Waals surface area contributed by atoms with Gasteiger partial charge in [0.05, 0.1) is 11.4 Å². The van der Waals surface area contributed by atoms with Crippen molar-refractivity contribution < 1.29 is 0 Å². The highest BCUT2D eigenvalue weighted by molar-refractivity contribution is 7.98. The van der Waals surface area contributed by atoms with Crippen molar-refractivity contribution in [3.05, 3.63) is 30.0 Å². The summed E-state index contributed by atoms with van der Waals surface area (Å²) in [6, 6.07) is 8.19. The van der Waals surface area contributed by atoms with Crippen LogP contribution in [0.25, 0.3) is 16.9 Å². The minimum Gasteiger partial charge on any atom is -0.369 e. The molecule has 0 aliphatic carbocycles. The van der Waals surface area contributed by atoms with Gasteiger partial charge in [-0.15, -0.1) is 11.8 Å². The highest BCUT2D eigenvalue weighted by atomic mass is 32.2. The lowest BCUT2D eigenvalue weighted by molar-refractivity contribution is 0.662. The molecule has 2 N–H and O–H groups in total. The summed E-state index contributed by atoms with van der Waals surface area (Å²) in [5.74, 6) is 0.504. The van der Waals surface area contributed by atoms with Gasteiger partial charge in [0.2, 0.25) is 5.95 Å². The van der Waals surface area contributed by atoms with Gasteiger partial charge >= 0.3 is 0 Å². The number of anilines is 1. The van der Waals surface area contributed by atoms with E-state index in [0.29, 0.717) is 5.95 Å². The molecule has 0 fully saturated rings. The zero-order chi connectivity index (χ0) is 14.3. The van der Waals surface area contributed by atoms with Crippen LogP contribution < -0.4 is 5.73 Å². The molecule has 0 saturated heterocycles. The molecule has 0 unspecified atom stereocenters. The van der Waals surface area contributed by atoms with E-state index in [1.165, 1.54) is 4.90 Å². The van der Waals surface area contributed by atoms with Crippen LogP contribution in [0.2, 0.25) is 0 Å². The summed E-state index contributed by atoms with van der Waals surface area (Å²) >= 11 is 1.70. The first-order chi connectivity index (χ1) is 9.67. The van der Waals surface area contributed by atoms with Crippen molar-refractivity contribution >= 4 is 28.9 Å². The maximum absolute atomic E-state index is 6.15. The average Bonchev–Trinajstić information content (AvgIpc) is 2.95. The molecule has 2 aromatic heterocycles. The van der Waals surface area contributed by atoms with Crippen LogP contribution in [-0.4, -0.2) is 25.6 Å². The fraction of sp³-hybridized carbons (Fsp3) is 0.286. The van der Waals surface area contributed by atoms with Gasteiger partial charge in [-0.2, -0.15) is 5.10 Å². The Morgan fingerprint density at radius 1 is 1.30 bits per heavy atom. The number of aromatic nitrogens is 4. The number of benzene rings is 1. The Morgan fingerprint density at radius 2 is 2.05 bits per heavy atom. The summed E-state index contributed by atoms with van der Waals surface area (Å²) in [5.41, 5.74) is 9.95. The topological polar surface area (TPSA) is 61.7 Å². The molecule has 20 heavy (non-hydrogen) atoms. The number of nitrogen functional groups attached to an aromatic ring is 1. The van der Waals surface area contributed by atoms with Crippen molar-refractivity contribution in [3.8, 4) is 5.69 Å². The van der Waals surface area contributed by atoms with E-state index in [4.69, 9.17) is 5.73 Å². The van der Waals surface area contributed by atoms with Crippen LogP contribution in [-0.2, 0) is 6.54 Å². The fourth-order valence-corrected chi connectivity index (χ4v) is 3.04. The Bertz CT molecular complexity index is 771. The van der Waals surface area contributed by atoms with E-state index in [9.17, 15) is 0 Å². The van der Waals surface area contributed by atoms with Gasteiger partial charge in [-0.05, 0) is 32.2 Å². The van der Waals surface area contributed by atoms with Crippen LogP contribution in [0.5, 0.6) is 0 Å². The van der Waals surface area contributed by atoms with Crippen molar-refractivity contribution in [1.29, 1.82) is 0 Å². The van der Waals surface area contributed by atoms with Gasteiger partial charge in [0, 0.05) is 11.4 Å². The fourth-order valence-electron chi connectivity index (χ4n) is 2.46. The van der Waals surface area contributed by atoms with E-state index < -0.39 is 0 Å². The van der Waals surface area contributed by atoms with Gasteiger partial charge in [0.1, 0.15) is 5.52 Å². The third-order valence-corrected chi connectivity index (χ3v) is 4.15. The van der Waals surface area contributed by atoms with Gasteiger partial charge < -0.3 is 5.73 Å². The number of imidazole rings is 1. The first-order valence-corrected chi connectivity index (χ1v) is 7.74. The van der Waals surface area contributed by atoms with Crippen LogP contribution in [0, 0.1) is 6.92 Å². The van der Waals surface area contributed by atoms with Gasteiger partial charge in [-0.1, -0.05) is 12.1 Å². The molecule has 6 heteroatoms. The average molecular weight is 287 g/mol. The lowest BCUT2D eigenvalue weighted by Gasteiger charge is -2.11. The standard InChI is InChI=1S/C14H17N5S/c1-4-18-13-12(9(2)17-18)16-14(15)19(13)10-7-5-6-8-11(10)20-3/h5-8H,4H2,1-3H3,(H2,15,16). The number of para-hydroxylation sites is 1. The maximum Gasteiger partial charge on any atom is 0.207 e. The van der Waals surface area contributed by atoms with Crippen LogP contribution in [0.3, 0.4) is 0 Å². The highest BCUT2D eigenvalue weighted by Crippen LogP contribution is 2.30. The molecule has 3 rings (SSSR count). The molecule has 0 aliphatic rings. The van der Waals surface area contributed by atoms with E-state index in [0.717, 1.165) is 29.1 Å². The zero-order valence-electron chi connectivity index (χ0n) is 11.8. The second kappa shape index (κ2) is 4.86. The van der Waals surface area contributed by atoms with Gasteiger partial charge in [-0.25, -0.2) is 9.67 Å². The summed E-state index contributed by atoms with van der Waals surface area (Å²) in [6.45, 7) is 4.82. The minimum atomic E-state index is 0.504. The second-order valence-electron chi connectivity index (χ2n) is 4.55. The molecule has 5 nitrogen and oxygen atoms in total. The van der Waals surface area contributed by atoms with Crippen LogP contribution >= 0.6 is 11.8 Å². The molecule has 0 saturated carbocycles. The number of nitrogens with two attached hydrogens (primary N) is 1. The van der Waals surface area contributed by atoms with Gasteiger partial charge in [-0.3, -0.25) is 4.57 Å². The number of nitrogens with zero attached hydrogens (tertiary/aromatic N) is 4.